The SMILES string of the molecule is COc1cc(-c2coc3c4c(ccc3c2=O)OC(C)(C)C=C4)cc(OC)c1OC. The standard InChI is InChI=1S/C23H22O6/c1-23(2)9-8-14-17(29-23)7-6-15-20(24)16(12-28-21(14)15)13-10-18(25-3)22(27-5)19(11-13)26-4/h6-12H,1-5H3. The molecule has 1 aliphatic rings. The lowest BCUT2D eigenvalue weighted by Crippen LogP contribution is -2.27. The van der Waals surface area contributed by atoms with E-state index in [0.29, 0.717) is 45.1 Å². The molecule has 0 radical (unpaired) electrons. The van der Waals surface area contributed by atoms with Gasteiger partial charge in [0.15, 0.2) is 11.5 Å². The van der Waals surface area contributed by atoms with Crippen molar-refractivity contribution >= 4 is 17.0 Å². The van der Waals surface area contributed by atoms with Crippen LogP contribution in [0.2, 0.25) is 0 Å². The van der Waals surface area contributed by atoms with Gasteiger partial charge in [0.2, 0.25) is 11.2 Å². The molecule has 0 amide bonds. The summed E-state index contributed by atoms with van der Waals surface area (Å²) in [4.78, 5) is 13.3. The van der Waals surface area contributed by atoms with E-state index in [1.54, 1.807) is 24.3 Å². The zero-order valence-corrected chi connectivity index (χ0v) is 17.0. The molecule has 29 heavy (non-hydrogen) atoms. The van der Waals surface area contributed by atoms with E-state index in [-0.39, 0.29) is 5.43 Å². The summed E-state index contributed by atoms with van der Waals surface area (Å²) in [5.41, 5.74) is 1.71. The molecule has 0 fully saturated rings. The number of benzene rings is 2. The molecule has 6 nitrogen and oxygen atoms in total. The third kappa shape index (κ3) is 3.10. The molecule has 1 aliphatic heterocycles. The number of fused-ring (bicyclic) bond motifs is 3. The smallest absolute Gasteiger partial charge is 0.203 e. The molecule has 4 rings (SSSR count). The molecule has 0 N–H and O–H groups in total. The minimum absolute atomic E-state index is 0.151. The lowest BCUT2D eigenvalue weighted by molar-refractivity contribution is 0.159. The van der Waals surface area contributed by atoms with Crippen LogP contribution in [0, 0.1) is 0 Å². The number of rotatable bonds is 4. The molecule has 150 valence electrons. The fourth-order valence-electron chi connectivity index (χ4n) is 3.49. The highest BCUT2D eigenvalue weighted by atomic mass is 16.5. The molecule has 0 atom stereocenters. The first-order chi connectivity index (χ1) is 13.9. The van der Waals surface area contributed by atoms with Crippen molar-refractivity contribution in [2.75, 3.05) is 21.3 Å². The van der Waals surface area contributed by atoms with Gasteiger partial charge in [0.25, 0.3) is 0 Å². The molecule has 0 unspecified atom stereocenters. The normalized spacial score (nSPS) is 14.2. The predicted molar refractivity (Wildman–Crippen MR) is 111 cm³/mol. The molecular formula is C23H22O6. The summed E-state index contributed by atoms with van der Waals surface area (Å²) in [5, 5.41) is 0.475. The highest BCUT2D eigenvalue weighted by Gasteiger charge is 2.25. The highest BCUT2D eigenvalue weighted by molar-refractivity contribution is 5.91. The fourth-order valence-corrected chi connectivity index (χ4v) is 3.49. The van der Waals surface area contributed by atoms with E-state index in [9.17, 15) is 4.79 Å². The molecular weight excluding hydrogens is 372 g/mol. The maximum Gasteiger partial charge on any atom is 0.203 e. The Kier molecular flexibility index (Phi) is 4.49. The molecule has 0 saturated carbocycles. The van der Waals surface area contributed by atoms with Crippen molar-refractivity contribution in [3.05, 3.63) is 52.4 Å². The van der Waals surface area contributed by atoms with Crippen LogP contribution in [0.1, 0.15) is 19.4 Å². The third-order valence-electron chi connectivity index (χ3n) is 4.94. The third-order valence-corrected chi connectivity index (χ3v) is 4.94. The Morgan fingerprint density at radius 1 is 0.966 bits per heavy atom. The molecule has 6 heteroatoms. The van der Waals surface area contributed by atoms with Crippen molar-refractivity contribution in [2.24, 2.45) is 0 Å². The molecule has 1 aromatic heterocycles. The summed E-state index contributed by atoms with van der Waals surface area (Å²) in [6, 6.07) is 6.99. The van der Waals surface area contributed by atoms with Gasteiger partial charge in [-0.25, -0.2) is 0 Å². The first kappa shape index (κ1) is 18.9. The van der Waals surface area contributed by atoms with E-state index in [0.717, 1.165) is 5.56 Å². The van der Waals surface area contributed by atoms with Gasteiger partial charge in [-0.1, -0.05) is 0 Å². The second-order valence-electron chi connectivity index (χ2n) is 7.29. The average Bonchev–Trinajstić information content (AvgIpc) is 2.71. The number of hydrogen-bond donors (Lipinski definition) is 0. The van der Waals surface area contributed by atoms with Crippen LogP contribution in [-0.4, -0.2) is 26.9 Å². The van der Waals surface area contributed by atoms with Crippen LogP contribution in [0.5, 0.6) is 23.0 Å². The molecule has 3 aromatic rings. The van der Waals surface area contributed by atoms with Gasteiger partial charge < -0.3 is 23.4 Å². The zero-order chi connectivity index (χ0) is 20.8. The molecule has 0 aliphatic carbocycles. The van der Waals surface area contributed by atoms with Crippen molar-refractivity contribution in [1.82, 2.24) is 0 Å². The topological polar surface area (TPSA) is 67.1 Å². The van der Waals surface area contributed by atoms with E-state index in [2.05, 4.69) is 0 Å². The minimum atomic E-state index is -0.406. The summed E-state index contributed by atoms with van der Waals surface area (Å²) in [5.74, 6) is 2.08. The first-order valence-electron chi connectivity index (χ1n) is 9.15. The second-order valence-corrected chi connectivity index (χ2v) is 7.29. The van der Waals surface area contributed by atoms with Crippen LogP contribution in [0.25, 0.3) is 28.2 Å². The number of ether oxygens (including phenoxy) is 4. The van der Waals surface area contributed by atoms with Gasteiger partial charge >= 0.3 is 0 Å². The predicted octanol–water partition coefficient (Wildman–Crippen LogP) is 4.67. The average molecular weight is 394 g/mol. The Hall–Kier alpha value is -3.41. The molecule has 2 aromatic carbocycles. The van der Waals surface area contributed by atoms with E-state index in [1.807, 2.05) is 26.0 Å². The van der Waals surface area contributed by atoms with Crippen LogP contribution in [0.15, 0.2) is 45.8 Å². The molecule has 0 spiro atoms. The van der Waals surface area contributed by atoms with Crippen molar-refractivity contribution in [3.63, 3.8) is 0 Å². The van der Waals surface area contributed by atoms with Gasteiger partial charge in [0, 0.05) is 0 Å². The summed E-state index contributed by atoms with van der Waals surface area (Å²) < 4.78 is 28.0. The second kappa shape index (κ2) is 6.88. The lowest BCUT2D eigenvalue weighted by atomic mass is 9.99. The Balaban J connectivity index is 1.91. The first-order valence-corrected chi connectivity index (χ1v) is 9.15. The number of hydrogen-bond acceptors (Lipinski definition) is 6. The van der Waals surface area contributed by atoms with E-state index < -0.39 is 5.60 Å². The van der Waals surface area contributed by atoms with E-state index in [1.165, 1.54) is 27.6 Å². The van der Waals surface area contributed by atoms with Gasteiger partial charge in [-0.3, -0.25) is 4.79 Å². The van der Waals surface area contributed by atoms with Gasteiger partial charge in [-0.05, 0) is 55.8 Å². The van der Waals surface area contributed by atoms with Gasteiger partial charge in [-0.15, -0.1) is 0 Å². The number of methoxy groups -OCH3 is 3. The van der Waals surface area contributed by atoms with Gasteiger partial charge in [0.05, 0.1) is 37.8 Å². The van der Waals surface area contributed by atoms with Crippen molar-refractivity contribution in [2.45, 2.75) is 19.4 Å². The van der Waals surface area contributed by atoms with E-state index in [4.69, 9.17) is 23.4 Å². The van der Waals surface area contributed by atoms with Crippen LogP contribution < -0.4 is 24.4 Å². The Morgan fingerprint density at radius 3 is 2.28 bits per heavy atom. The lowest BCUT2D eigenvalue weighted by Gasteiger charge is -2.27. The largest absolute Gasteiger partial charge is 0.493 e. The molecule has 0 bridgehead atoms. The van der Waals surface area contributed by atoms with Crippen molar-refractivity contribution in [3.8, 4) is 34.1 Å². The monoisotopic (exact) mass is 394 g/mol. The summed E-state index contributed by atoms with van der Waals surface area (Å²) in [6.07, 6.45) is 5.34. The summed E-state index contributed by atoms with van der Waals surface area (Å²) >= 11 is 0. The maximum absolute atomic E-state index is 13.3. The van der Waals surface area contributed by atoms with Crippen LogP contribution in [-0.2, 0) is 0 Å². The zero-order valence-electron chi connectivity index (χ0n) is 17.0. The molecule has 0 saturated heterocycles. The van der Waals surface area contributed by atoms with Crippen LogP contribution in [0.3, 0.4) is 0 Å². The summed E-state index contributed by atoms with van der Waals surface area (Å²) in [6.45, 7) is 3.95. The highest BCUT2D eigenvalue weighted by Crippen LogP contribution is 2.41. The van der Waals surface area contributed by atoms with Crippen LogP contribution in [0.4, 0.5) is 0 Å². The van der Waals surface area contributed by atoms with E-state index >= 15 is 0 Å². The molecule has 2 heterocycles. The maximum atomic E-state index is 13.3. The quantitative estimate of drug-likeness (QED) is 0.641. The van der Waals surface area contributed by atoms with Crippen molar-refractivity contribution < 1.29 is 23.4 Å². The Morgan fingerprint density at radius 2 is 1.66 bits per heavy atom. The van der Waals surface area contributed by atoms with Crippen LogP contribution >= 0.6 is 0 Å². The van der Waals surface area contributed by atoms with Gasteiger partial charge in [0.1, 0.15) is 23.2 Å². The summed E-state index contributed by atoms with van der Waals surface area (Å²) in [7, 11) is 4.60. The fraction of sp³-hybridized carbons (Fsp3) is 0.261. The van der Waals surface area contributed by atoms with Crippen molar-refractivity contribution in [1.29, 1.82) is 0 Å². The van der Waals surface area contributed by atoms with Gasteiger partial charge in [-0.2, -0.15) is 0 Å². The Labute approximate surface area is 168 Å². The minimum Gasteiger partial charge on any atom is -0.493 e. The Bertz CT molecular complexity index is 1160.